The van der Waals surface area contributed by atoms with E-state index in [1.54, 1.807) is 12.1 Å². The first kappa shape index (κ1) is 11.6. The minimum atomic E-state index is -0.202. The molecule has 6 heteroatoms. The first-order valence-corrected chi connectivity index (χ1v) is 6.17. The molecule has 0 atom stereocenters. The Bertz CT molecular complexity index is 485. The molecule has 2 heterocycles. The number of carbonyl (C=O) groups excluding carboxylic acids is 1. The van der Waals surface area contributed by atoms with Gasteiger partial charge in [0.2, 0.25) is 0 Å². The van der Waals surface area contributed by atoms with Gasteiger partial charge in [-0.25, -0.2) is 5.06 Å². The SMILES string of the molecule is O=C(c1cc(Cl)c2c(c1)OCCO2)N1CCCO1. The Labute approximate surface area is 109 Å². The van der Waals surface area contributed by atoms with E-state index in [2.05, 4.69) is 0 Å². The smallest absolute Gasteiger partial charge is 0.277 e. The zero-order chi connectivity index (χ0) is 12.5. The number of carbonyl (C=O) groups is 1. The van der Waals surface area contributed by atoms with Crippen LogP contribution in [0, 0.1) is 0 Å². The molecule has 5 nitrogen and oxygen atoms in total. The van der Waals surface area contributed by atoms with Crippen molar-refractivity contribution >= 4 is 17.5 Å². The zero-order valence-corrected chi connectivity index (χ0v) is 10.4. The molecule has 0 unspecified atom stereocenters. The fourth-order valence-corrected chi connectivity index (χ4v) is 2.25. The van der Waals surface area contributed by atoms with Crippen LogP contribution < -0.4 is 9.47 Å². The lowest BCUT2D eigenvalue weighted by Gasteiger charge is -2.21. The summed E-state index contributed by atoms with van der Waals surface area (Å²) >= 11 is 6.08. The van der Waals surface area contributed by atoms with Crippen LogP contribution in [0.2, 0.25) is 5.02 Å². The fraction of sp³-hybridized carbons (Fsp3) is 0.417. The van der Waals surface area contributed by atoms with E-state index in [1.807, 2.05) is 0 Å². The summed E-state index contributed by atoms with van der Waals surface area (Å²) in [5, 5.41) is 1.73. The molecule has 18 heavy (non-hydrogen) atoms. The lowest BCUT2D eigenvalue weighted by molar-refractivity contribution is -0.0768. The molecule has 0 bridgehead atoms. The quantitative estimate of drug-likeness (QED) is 0.781. The van der Waals surface area contributed by atoms with Crippen LogP contribution in [0.5, 0.6) is 11.5 Å². The number of hydrogen-bond donors (Lipinski definition) is 0. The number of amides is 1. The molecule has 0 aliphatic carbocycles. The van der Waals surface area contributed by atoms with Crippen molar-refractivity contribution in [2.75, 3.05) is 26.4 Å². The van der Waals surface area contributed by atoms with E-state index in [0.717, 1.165) is 6.42 Å². The van der Waals surface area contributed by atoms with Gasteiger partial charge in [0.05, 0.1) is 18.2 Å². The molecule has 1 amide bonds. The van der Waals surface area contributed by atoms with Crippen molar-refractivity contribution in [3.63, 3.8) is 0 Å². The summed E-state index contributed by atoms with van der Waals surface area (Å²) < 4.78 is 10.8. The molecule has 3 rings (SSSR count). The molecule has 0 spiro atoms. The summed E-state index contributed by atoms with van der Waals surface area (Å²) in [4.78, 5) is 17.4. The van der Waals surface area contributed by atoms with Gasteiger partial charge in [0.25, 0.3) is 5.91 Å². The summed E-state index contributed by atoms with van der Waals surface area (Å²) in [6.07, 6.45) is 0.851. The normalized spacial score (nSPS) is 17.9. The molecule has 0 saturated carbocycles. The number of nitrogens with zero attached hydrogens (tertiary/aromatic N) is 1. The Balaban J connectivity index is 1.92. The van der Waals surface area contributed by atoms with Gasteiger partial charge in [0, 0.05) is 5.56 Å². The Hall–Kier alpha value is -1.46. The van der Waals surface area contributed by atoms with Gasteiger partial charge in [-0.1, -0.05) is 11.6 Å². The highest BCUT2D eigenvalue weighted by Crippen LogP contribution is 2.38. The van der Waals surface area contributed by atoms with Crippen molar-refractivity contribution < 1.29 is 19.1 Å². The average Bonchev–Trinajstić information content (AvgIpc) is 2.91. The van der Waals surface area contributed by atoms with Gasteiger partial charge in [-0.3, -0.25) is 9.63 Å². The van der Waals surface area contributed by atoms with E-state index in [1.165, 1.54) is 5.06 Å². The Morgan fingerprint density at radius 2 is 2.06 bits per heavy atom. The summed E-state index contributed by atoms with van der Waals surface area (Å²) in [5.41, 5.74) is 0.450. The van der Waals surface area contributed by atoms with Crippen LogP contribution in [0.1, 0.15) is 16.8 Å². The van der Waals surface area contributed by atoms with Crippen LogP contribution in [0.15, 0.2) is 12.1 Å². The third-order valence-corrected chi connectivity index (χ3v) is 3.10. The second-order valence-corrected chi connectivity index (χ2v) is 4.48. The maximum absolute atomic E-state index is 12.1. The monoisotopic (exact) mass is 269 g/mol. The van der Waals surface area contributed by atoms with Gasteiger partial charge in [-0.15, -0.1) is 0 Å². The highest BCUT2D eigenvalue weighted by molar-refractivity contribution is 6.32. The predicted octanol–water partition coefficient (Wildman–Crippen LogP) is 1.89. The zero-order valence-electron chi connectivity index (χ0n) is 9.65. The molecular formula is C12H12ClNO4. The third kappa shape index (κ3) is 2.00. The number of halogens is 1. The molecule has 2 aliphatic heterocycles. The summed E-state index contributed by atoms with van der Waals surface area (Å²) in [6, 6.07) is 3.23. The van der Waals surface area contributed by atoms with Crippen molar-refractivity contribution in [3.05, 3.63) is 22.7 Å². The van der Waals surface area contributed by atoms with Crippen LogP contribution in [0.3, 0.4) is 0 Å². The standard InChI is InChI=1S/C12H12ClNO4/c13-9-6-8(12(15)14-2-1-3-18-14)7-10-11(9)17-5-4-16-10/h6-7H,1-5H2. The number of rotatable bonds is 1. The van der Waals surface area contributed by atoms with E-state index in [4.69, 9.17) is 25.9 Å². The van der Waals surface area contributed by atoms with E-state index < -0.39 is 0 Å². The maximum atomic E-state index is 12.1. The molecule has 0 radical (unpaired) electrons. The molecule has 2 aliphatic rings. The van der Waals surface area contributed by atoms with Crippen molar-refractivity contribution in [2.45, 2.75) is 6.42 Å². The van der Waals surface area contributed by atoms with Crippen molar-refractivity contribution in [3.8, 4) is 11.5 Å². The van der Waals surface area contributed by atoms with Crippen LogP contribution in [0.4, 0.5) is 0 Å². The van der Waals surface area contributed by atoms with Gasteiger partial charge in [0.1, 0.15) is 13.2 Å². The van der Waals surface area contributed by atoms with E-state index in [-0.39, 0.29) is 5.91 Å². The van der Waals surface area contributed by atoms with Crippen molar-refractivity contribution in [1.29, 1.82) is 0 Å². The molecule has 1 aromatic carbocycles. The minimum Gasteiger partial charge on any atom is -0.486 e. The number of fused-ring (bicyclic) bond motifs is 1. The van der Waals surface area contributed by atoms with Gasteiger partial charge >= 0.3 is 0 Å². The summed E-state index contributed by atoms with van der Waals surface area (Å²) in [5.74, 6) is 0.810. The third-order valence-electron chi connectivity index (χ3n) is 2.82. The van der Waals surface area contributed by atoms with Gasteiger partial charge < -0.3 is 9.47 Å². The molecule has 0 N–H and O–H groups in total. The fourth-order valence-electron chi connectivity index (χ4n) is 1.99. The van der Waals surface area contributed by atoms with Crippen LogP contribution >= 0.6 is 11.6 Å². The van der Waals surface area contributed by atoms with E-state index >= 15 is 0 Å². The maximum Gasteiger partial charge on any atom is 0.277 e. The van der Waals surface area contributed by atoms with E-state index in [9.17, 15) is 4.79 Å². The number of benzene rings is 1. The summed E-state index contributed by atoms with van der Waals surface area (Å²) in [6.45, 7) is 2.10. The first-order valence-electron chi connectivity index (χ1n) is 5.79. The average molecular weight is 270 g/mol. The molecule has 0 aromatic heterocycles. The Kier molecular flexibility index (Phi) is 3.01. The topological polar surface area (TPSA) is 48.0 Å². The molecular weight excluding hydrogens is 258 g/mol. The minimum absolute atomic E-state index is 0.202. The predicted molar refractivity (Wildman–Crippen MR) is 64.0 cm³/mol. The number of hydroxylamine groups is 2. The first-order chi connectivity index (χ1) is 8.75. The van der Waals surface area contributed by atoms with Crippen LogP contribution in [-0.2, 0) is 4.84 Å². The summed E-state index contributed by atoms with van der Waals surface area (Å²) in [7, 11) is 0. The van der Waals surface area contributed by atoms with Gasteiger partial charge in [-0.2, -0.15) is 0 Å². The second-order valence-electron chi connectivity index (χ2n) is 4.08. The molecule has 1 aromatic rings. The lowest BCUT2D eigenvalue weighted by Crippen LogP contribution is -2.26. The highest BCUT2D eigenvalue weighted by atomic mass is 35.5. The Morgan fingerprint density at radius 3 is 2.83 bits per heavy atom. The van der Waals surface area contributed by atoms with Crippen molar-refractivity contribution in [1.82, 2.24) is 5.06 Å². The molecule has 1 saturated heterocycles. The number of ether oxygens (including phenoxy) is 2. The number of hydrogen-bond acceptors (Lipinski definition) is 4. The van der Waals surface area contributed by atoms with Crippen molar-refractivity contribution in [2.24, 2.45) is 0 Å². The lowest BCUT2D eigenvalue weighted by atomic mass is 10.1. The van der Waals surface area contributed by atoms with Gasteiger partial charge in [0.15, 0.2) is 11.5 Å². The second kappa shape index (κ2) is 4.66. The van der Waals surface area contributed by atoms with Crippen LogP contribution in [0.25, 0.3) is 0 Å². The molecule has 96 valence electrons. The van der Waals surface area contributed by atoms with E-state index in [0.29, 0.717) is 48.5 Å². The Morgan fingerprint density at radius 1 is 1.22 bits per heavy atom. The molecule has 1 fully saturated rings. The highest BCUT2D eigenvalue weighted by Gasteiger charge is 2.24. The van der Waals surface area contributed by atoms with Crippen LogP contribution in [-0.4, -0.2) is 37.3 Å². The largest absolute Gasteiger partial charge is 0.486 e. The van der Waals surface area contributed by atoms with Gasteiger partial charge in [-0.05, 0) is 18.6 Å².